The van der Waals surface area contributed by atoms with E-state index in [1.54, 1.807) is 12.4 Å². The monoisotopic (exact) mass is 268 g/mol. The van der Waals surface area contributed by atoms with E-state index in [1.165, 1.54) is 18.4 Å². The molecule has 0 atom stereocenters. The lowest BCUT2D eigenvalue weighted by Crippen LogP contribution is -2.20. The summed E-state index contributed by atoms with van der Waals surface area (Å²) in [7, 11) is 0. The molecule has 0 amide bonds. The Bertz CT molecular complexity index is 568. The maximum absolute atomic E-state index is 4.65. The second-order valence-corrected chi connectivity index (χ2v) is 5.41. The molecule has 1 fully saturated rings. The van der Waals surface area contributed by atoms with Gasteiger partial charge in [-0.3, -0.25) is 4.98 Å². The molecule has 0 unspecified atom stereocenters. The molecule has 0 bridgehead atoms. The van der Waals surface area contributed by atoms with E-state index >= 15 is 0 Å². The first-order chi connectivity index (χ1) is 9.74. The van der Waals surface area contributed by atoms with Crippen LogP contribution in [-0.4, -0.2) is 27.5 Å². The van der Waals surface area contributed by atoms with Crippen LogP contribution in [0.5, 0.6) is 0 Å². The first-order valence-electron chi connectivity index (χ1n) is 7.22. The first kappa shape index (κ1) is 13.2. The van der Waals surface area contributed by atoms with E-state index in [1.807, 2.05) is 12.1 Å². The van der Waals surface area contributed by atoms with E-state index in [4.69, 9.17) is 0 Å². The molecule has 0 aliphatic heterocycles. The predicted molar refractivity (Wildman–Crippen MR) is 79.5 cm³/mol. The maximum atomic E-state index is 4.65. The lowest BCUT2D eigenvalue weighted by atomic mass is 10.1. The van der Waals surface area contributed by atoms with Crippen molar-refractivity contribution >= 4 is 0 Å². The molecule has 2 heterocycles. The van der Waals surface area contributed by atoms with Crippen LogP contribution in [0.1, 0.15) is 29.8 Å². The molecular weight excluding hydrogens is 248 g/mol. The minimum absolute atomic E-state index is 0.757. The summed E-state index contributed by atoms with van der Waals surface area (Å²) in [6.07, 6.45) is 7.21. The topological polar surface area (TPSA) is 50.7 Å². The molecule has 0 spiro atoms. The summed E-state index contributed by atoms with van der Waals surface area (Å²) in [5.41, 5.74) is 4.47. The van der Waals surface area contributed by atoms with Crippen molar-refractivity contribution in [3.63, 3.8) is 0 Å². The van der Waals surface area contributed by atoms with Crippen LogP contribution in [-0.2, 0) is 6.42 Å². The van der Waals surface area contributed by atoms with Crippen LogP contribution in [0.3, 0.4) is 0 Å². The van der Waals surface area contributed by atoms with Crippen molar-refractivity contribution in [2.45, 2.75) is 39.2 Å². The fourth-order valence-electron chi connectivity index (χ4n) is 2.42. The van der Waals surface area contributed by atoms with Gasteiger partial charge >= 0.3 is 0 Å². The number of rotatable bonds is 5. The van der Waals surface area contributed by atoms with Crippen LogP contribution in [0.25, 0.3) is 11.4 Å². The number of aryl methyl sites for hydroxylation is 2. The molecule has 1 aliphatic rings. The summed E-state index contributed by atoms with van der Waals surface area (Å²) < 4.78 is 0. The van der Waals surface area contributed by atoms with Crippen LogP contribution in [0, 0.1) is 13.8 Å². The van der Waals surface area contributed by atoms with Gasteiger partial charge in [0.1, 0.15) is 0 Å². The van der Waals surface area contributed by atoms with Crippen molar-refractivity contribution < 1.29 is 0 Å². The maximum Gasteiger partial charge on any atom is 0.159 e. The number of pyridine rings is 1. The minimum atomic E-state index is 0.757. The average molecular weight is 268 g/mol. The quantitative estimate of drug-likeness (QED) is 0.905. The van der Waals surface area contributed by atoms with Gasteiger partial charge in [-0.05, 0) is 57.4 Å². The molecule has 4 heteroatoms. The standard InChI is InChI=1S/C16H20N4/c1-11-15(7-10-18-14-3-4-14)12(2)20-16(19-11)13-5-8-17-9-6-13/h5-6,8-9,14,18H,3-4,7,10H2,1-2H3. The number of hydrogen-bond donors (Lipinski definition) is 1. The van der Waals surface area contributed by atoms with E-state index in [-0.39, 0.29) is 0 Å². The average Bonchev–Trinajstić information content (AvgIpc) is 3.27. The predicted octanol–water partition coefficient (Wildman–Crippen LogP) is 2.45. The van der Waals surface area contributed by atoms with Gasteiger partial charge in [-0.1, -0.05) is 0 Å². The summed E-state index contributed by atoms with van der Waals surface area (Å²) in [5, 5.41) is 3.54. The molecule has 0 saturated heterocycles. The number of hydrogen-bond acceptors (Lipinski definition) is 4. The zero-order chi connectivity index (χ0) is 13.9. The molecule has 0 radical (unpaired) electrons. The molecule has 1 aliphatic carbocycles. The normalized spacial score (nSPS) is 14.5. The second kappa shape index (κ2) is 5.67. The van der Waals surface area contributed by atoms with Gasteiger partial charge in [-0.2, -0.15) is 0 Å². The summed E-state index contributed by atoms with van der Waals surface area (Å²) in [6.45, 7) is 5.17. The molecule has 2 aromatic rings. The van der Waals surface area contributed by atoms with Crippen LogP contribution in [0.15, 0.2) is 24.5 Å². The fraction of sp³-hybridized carbons (Fsp3) is 0.438. The zero-order valence-electron chi connectivity index (χ0n) is 12.1. The van der Waals surface area contributed by atoms with E-state index in [0.29, 0.717) is 0 Å². The van der Waals surface area contributed by atoms with Crippen molar-refractivity contribution in [3.8, 4) is 11.4 Å². The molecule has 20 heavy (non-hydrogen) atoms. The van der Waals surface area contributed by atoms with Gasteiger partial charge in [0.15, 0.2) is 5.82 Å². The summed E-state index contributed by atoms with van der Waals surface area (Å²) >= 11 is 0. The van der Waals surface area contributed by atoms with Gasteiger partial charge in [0, 0.05) is 35.4 Å². The van der Waals surface area contributed by atoms with Gasteiger partial charge < -0.3 is 5.32 Å². The third kappa shape index (κ3) is 3.02. The van der Waals surface area contributed by atoms with Crippen molar-refractivity contribution in [2.24, 2.45) is 0 Å². The molecule has 4 nitrogen and oxygen atoms in total. The third-order valence-corrected chi connectivity index (χ3v) is 3.74. The van der Waals surface area contributed by atoms with Crippen molar-refractivity contribution in [1.82, 2.24) is 20.3 Å². The highest BCUT2D eigenvalue weighted by atomic mass is 14.9. The van der Waals surface area contributed by atoms with Crippen LogP contribution < -0.4 is 5.32 Å². The molecular formula is C16H20N4. The van der Waals surface area contributed by atoms with Gasteiger partial charge in [0.2, 0.25) is 0 Å². The van der Waals surface area contributed by atoms with Gasteiger partial charge in [0.05, 0.1) is 0 Å². The molecule has 0 aromatic carbocycles. The lowest BCUT2D eigenvalue weighted by molar-refractivity contribution is 0.675. The Morgan fingerprint density at radius 1 is 1.10 bits per heavy atom. The van der Waals surface area contributed by atoms with Crippen LogP contribution >= 0.6 is 0 Å². The molecule has 104 valence electrons. The highest BCUT2D eigenvalue weighted by Gasteiger charge is 2.20. The molecule has 3 rings (SSSR count). The number of nitrogens with zero attached hydrogens (tertiary/aromatic N) is 3. The molecule has 1 saturated carbocycles. The third-order valence-electron chi connectivity index (χ3n) is 3.74. The largest absolute Gasteiger partial charge is 0.314 e. The van der Waals surface area contributed by atoms with Crippen LogP contribution in [0.2, 0.25) is 0 Å². The fourth-order valence-corrected chi connectivity index (χ4v) is 2.42. The highest BCUT2D eigenvalue weighted by molar-refractivity contribution is 5.54. The summed E-state index contributed by atoms with van der Waals surface area (Å²) in [6, 6.07) is 4.65. The van der Waals surface area contributed by atoms with E-state index < -0.39 is 0 Å². The second-order valence-electron chi connectivity index (χ2n) is 5.41. The smallest absolute Gasteiger partial charge is 0.159 e. The highest BCUT2D eigenvalue weighted by Crippen LogP contribution is 2.20. The molecule has 1 N–H and O–H groups in total. The van der Waals surface area contributed by atoms with E-state index in [2.05, 4.69) is 34.1 Å². The van der Waals surface area contributed by atoms with Gasteiger partial charge in [-0.25, -0.2) is 9.97 Å². The van der Waals surface area contributed by atoms with Gasteiger partial charge in [-0.15, -0.1) is 0 Å². The first-order valence-corrected chi connectivity index (χ1v) is 7.22. The number of nitrogens with one attached hydrogen (secondary N) is 1. The Kier molecular flexibility index (Phi) is 3.74. The Balaban J connectivity index is 1.78. The van der Waals surface area contributed by atoms with Crippen molar-refractivity contribution in [1.29, 1.82) is 0 Å². The Labute approximate surface area is 119 Å². The Hall–Kier alpha value is -1.81. The van der Waals surface area contributed by atoms with Crippen molar-refractivity contribution in [2.75, 3.05) is 6.54 Å². The SMILES string of the molecule is Cc1nc(-c2ccncc2)nc(C)c1CCNC1CC1. The van der Waals surface area contributed by atoms with E-state index in [0.717, 1.165) is 41.8 Å². The Morgan fingerprint density at radius 3 is 2.35 bits per heavy atom. The summed E-state index contributed by atoms with van der Waals surface area (Å²) in [4.78, 5) is 13.3. The summed E-state index contributed by atoms with van der Waals surface area (Å²) in [5.74, 6) is 0.793. The van der Waals surface area contributed by atoms with E-state index in [9.17, 15) is 0 Å². The molecule has 2 aromatic heterocycles. The van der Waals surface area contributed by atoms with Crippen molar-refractivity contribution in [3.05, 3.63) is 41.5 Å². The lowest BCUT2D eigenvalue weighted by Gasteiger charge is -2.11. The minimum Gasteiger partial charge on any atom is -0.314 e. The van der Waals surface area contributed by atoms with Crippen LogP contribution in [0.4, 0.5) is 0 Å². The number of aromatic nitrogens is 3. The Morgan fingerprint density at radius 2 is 1.75 bits per heavy atom. The van der Waals surface area contributed by atoms with Gasteiger partial charge in [0.25, 0.3) is 0 Å². The zero-order valence-corrected chi connectivity index (χ0v) is 12.1.